The number of benzene rings is 1. The summed E-state index contributed by atoms with van der Waals surface area (Å²) in [5.74, 6) is -0.254. The average molecular weight is 319 g/mol. The third-order valence-corrected chi connectivity index (χ3v) is 3.84. The summed E-state index contributed by atoms with van der Waals surface area (Å²) in [6, 6.07) is 4.16. The first-order valence-electron chi connectivity index (χ1n) is 6.64. The Morgan fingerprint density at radius 1 is 1.25 bits per heavy atom. The third-order valence-electron chi connectivity index (χ3n) is 3.44. The molecule has 1 amide bonds. The highest BCUT2D eigenvalue weighted by molar-refractivity contribution is 6.30. The predicted octanol–water partition coefficient (Wildman–Crippen LogP) is 2.87. The molecule has 0 N–H and O–H groups in total. The molecular weight excluding hydrogens is 302 g/mol. The molecule has 1 aliphatic rings. The summed E-state index contributed by atoms with van der Waals surface area (Å²) >= 11 is 11.4. The second kappa shape index (κ2) is 7.25. The molecule has 6 heteroatoms. The maximum absolute atomic E-state index is 13.8. The Bertz CT molecular complexity index is 484. The van der Waals surface area contributed by atoms with E-state index in [1.165, 1.54) is 18.2 Å². The smallest absolute Gasteiger partial charge is 0.256 e. The van der Waals surface area contributed by atoms with Gasteiger partial charge in [0.25, 0.3) is 5.91 Å². The van der Waals surface area contributed by atoms with Gasteiger partial charge in [-0.3, -0.25) is 4.79 Å². The Balaban J connectivity index is 2.05. The van der Waals surface area contributed by atoms with Crippen molar-refractivity contribution in [2.24, 2.45) is 0 Å². The first kappa shape index (κ1) is 15.5. The van der Waals surface area contributed by atoms with Gasteiger partial charge in [0.05, 0.1) is 5.56 Å². The lowest BCUT2D eigenvalue weighted by Crippen LogP contribution is -2.36. The third kappa shape index (κ3) is 3.84. The summed E-state index contributed by atoms with van der Waals surface area (Å²) in [4.78, 5) is 16.3. The molecule has 3 nitrogen and oxygen atoms in total. The minimum atomic E-state index is -0.565. The molecule has 2 rings (SSSR count). The van der Waals surface area contributed by atoms with Crippen LogP contribution < -0.4 is 0 Å². The van der Waals surface area contributed by atoms with Gasteiger partial charge in [-0.05, 0) is 31.2 Å². The van der Waals surface area contributed by atoms with Crippen LogP contribution in [0.4, 0.5) is 4.39 Å². The first-order chi connectivity index (χ1) is 9.61. The van der Waals surface area contributed by atoms with Gasteiger partial charge in [0.15, 0.2) is 0 Å². The van der Waals surface area contributed by atoms with E-state index < -0.39 is 5.82 Å². The summed E-state index contributed by atoms with van der Waals surface area (Å²) in [5, 5.41) is 0.295. The van der Waals surface area contributed by atoms with Crippen LogP contribution in [-0.2, 0) is 0 Å². The van der Waals surface area contributed by atoms with Gasteiger partial charge >= 0.3 is 0 Å². The highest BCUT2D eigenvalue weighted by Gasteiger charge is 2.22. The Labute approximate surface area is 128 Å². The number of hydrogen-bond acceptors (Lipinski definition) is 2. The molecule has 0 aromatic heterocycles. The lowest BCUT2D eigenvalue weighted by molar-refractivity contribution is 0.0757. The minimum Gasteiger partial charge on any atom is -0.337 e. The molecule has 0 atom stereocenters. The molecule has 0 saturated carbocycles. The molecule has 1 heterocycles. The maximum Gasteiger partial charge on any atom is 0.256 e. The molecule has 0 radical (unpaired) electrons. The predicted molar refractivity (Wildman–Crippen MR) is 79.1 cm³/mol. The molecule has 1 aromatic carbocycles. The van der Waals surface area contributed by atoms with E-state index in [4.69, 9.17) is 23.2 Å². The van der Waals surface area contributed by atoms with Crippen molar-refractivity contribution in [1.82, 2.24) is 9.80 Å². The van der Waals surface area contributed by atoms with Gasteiger partial charge in [-0.2, -0.15) is 0 Å². The average Bonchev–Trinajstić information content (AvgIpc) is 2.64. The van der Waals surface area contributed by atoms with E-state index in [9.17, 15) is 9.18 Å². The number of halogens is 3. The Hall–Kier alpha value is -0.840. The summed E-state index contributed by atoms with van der Waals surface area (Å²) < 4.78 is 13.8. The molecule has 20 heavy (non-hydrogen) atoms. The summed E-state index contributed by atoms with van der Waals surface area (Å²) in [5.41, 5.74) is 0.0835. The van der Waals surface area contributed by atoms with Gasteiger partial charge in [-0.1, -0.05) is 11.6 Å². The summed E-state index contributed by atoms with van der Waals surface area (Å²) in [6.45, 7) is 3.74. The van der Waals surface area contributed by atoms with Gasteiger partial charge < -0.3 is 9.80 Å². The number of alkyl halides is 1. The second-order valence-electron chi connectivity index (χ2n) is 4.80. The zero-order valence-corrected chi connectivity index (χ0v) is 12.6. The normalized spacial score (nSPS) is 17.1. The fourth-order valence-corrected chi connectivity index (χ4v) is 2.75. The molecule has 0 bridgehead atoms. The quantitative estimate of drug-likeness (QED) is 0.800. The number of amides is 1. The van der Waals surface area contributed by atoms with Crippen LogP contribution in [0.1, 0.15) is 16.8 Å². The van der Waals surface area contributed by atoms with Crippen molar-refractivity contribution >= 4 is 29.1 Å². The number of nitrogens with zero attached hydrogens (tertiary/aromatic N) is 2. The fraction of sp³-hybridized carbons (Fsp3) is 0.500. The summed E-state index contributed by atoms with van der Waals surface area (Å²) in [7, 11) is 0. The van der Waals surface area contributed by atoms with Crippen LogP contribution in [-0.4, -0.2) is 54.3 Å². The van der Waals surface area contributed by atoms with Crippen molar-refractivity contribution in [1.29, 1.82) is 0 Å². The maximum atomic E-state index is 13.8. The topological polar surface area (TPSA) is 23.6 Å². The molecule has 0 spiro atoms. The first-order valence-corrected chi connectivity index (χ1v) is 7.55. The van der Waals surface area contributed by atoms with E-state index in [-0.39, 0.29) is 11.5 Å². The lowest BCUT2D eigenvalue weighted by Gasteiger charge is -2.21. The molecule has 0 unspecified atom stereocenters. The largest absolute Gasteiger partial charge is 0.337 e. The number of carbonyl (C=O) groups is 1. The Morgan fingerprint density at radius 2 is 2.05 bits per heavy atom. The van der Waals surface area contributed by atoms with E-state index in [0.717, 1.165) is 26.1 Å². The van der Waals surface area contributed by atoms with E-state index in [1.807, 2.05) is 0 Å². The minimum absolute atomic E-state index is 0.0835. The van der Waals surface area contributed by atoms with Crippen molar-refractivity contribution in [3.8, 4) is 0 Å². The van der Waals surface area contributed by atoms with Gasteiger partial charge in [0.1, 0.15) is 5.82 Å². The van der Waals surface area contributed by atoms with Crippen LogP contribution in [0.2, 0.25) is 5.02 Å². The SMILES string of the molecule is O=C(c1ccc(Cl)cc1F)N1CCCN(CCCl)CC1. The van der Waals surface area contributed by atoms with Gasteiger partial charge in [-0.25, -0.2) is 4.39 Å². The van der Waals surface area contributed by atoms with Gasteiger partial charge in [0.2, 0.25) is 0 Å². The van der Waals surface area contributed by atoms with E-state index in [2.05, 4.69) is 4.90 Å². The zero-order chi connectivity index (χ0) is 14.5. The van der Waals surface area contributed by atoms with Crippen LogP contribution in [0.3, 0.4) is 0 Å². The zero-order valence-electron chi connectivity index (χ0n) is 11.1. The van der Waals surface area contributed by atoms with Crippen molar-refractivity contribution in [2.75, 3.05) is 38.6 Å². The molecule has 1 aliphatic heterocycles. The highest BCUT2D eigenvalue weighted by atomic mass is 35.5. The van der Waals surface area contributed by atoms with Gasteiger partial charge in [-0.15, -0.1) is 11.6 Å². The van der Waals surface area contributed by atoms with Crippen LogP contribution in [0.25, 0.3) is 0 Å². The standard InChI is InChI=1S/C14H17Cl2FN2O/c15-4-7-18-5-1-6-19(9-8-18)14(20)12-3-2-11(16)10-13(12)17/h2-3,10H,1,4-9H2. The molecule has 0 aliphatic carbocycles. The second-order valence-corrected chi connectivity index (χ2v) is 5.61. The summed E-state index contributed by atoms with van der Waals surface area (Å²) in [6.07, 6.45) is 0.873. The van der Waals surface area contributed by atoms with Crippen LogP contribution in [0.15, 0.2) is 18.2 Å². The molecule has 1 aromatic rings. The Kier molecular flexibility index (Phi) is 5.64. The van der Waals surface area contributed by atoms with Crippen molar-refractivity contribution in [2.45, 2.75) is 6.42 Å². The lowest BCUT2D eigenvalue weighted by atomic mass is 10.2. The number of carbonyl (C=O) groups excluding carboxylic acids is 1. The van der Waals surface area contributed by atoms with Gasteiger partial charge in [0, 0.05) is 37.1 Å². The monoisotopic (exact) mass is 318 g/mol. The number of rotatable bonds is 3. The number of hydrogen-bond donors (Lipinski definition) is 0. The van der Waals surface area contributed by atoms with Crippen molar-refractivity contribution in [3.05, 3.63) is 34.6 Å². The van der Waals surface area contributed by atoms with E-state index >= 15 is 0 Å². The van der Waals surface area contributed by atoms with Crippen LogP contribution >= 0.6 is 23.2 Å². The molecule has 1 fully saturated rings. The van der Waals surface area contributed by atoms with Crippen molar-refractivity contribution in [3.63, 3.8) is 0 Å². The van der Waals surface area contributed by atoms with Crippen LogP contribution in [0.5, 0.6) is 0 Å². The molecular formula is C14H17Cl2FN2O. The van der Waals surface area contributed by atoms with E-state index in [1.54, 1.807) is 4.90 Å². The highest BCUT2D eigenvalue weighted by Crippen LogP contribution is 2.17. The molecule has 110 valence electrons. The van der Waals surface area contributed by atoms with E-state index in [0.29, 0.717) is 24.0 Å². The molecule has 1 saturated heterocycles. The fourth-order valence-electron chi connectivity index (χ4n) is 2.35. The Morgan fingerprint density at radius 3 is 2.75 bits per heavy atom. The van der Waals surface area contributed by atoms with Crippen LogP contribution in [0, 0.1) is 5.82 Å². The van der Waals surface area contributed by atoms with Crippen molar-refractivity contribution < 1.29 is 9.18 Å².